The zero-order chi connectivity index (χ0) is 20.2. The van der Waals surface area contributed by atoms with Crippen molar-refractivity contribution in [2.24, 2.45) is 0 Å². The molecule has 2 heterocycles. The van der Waals surface area contributed by atoms with Gasteiger partial charge < -0.3 is 24.7 Å². The number of nitrogens with zero attached hydrogens (tertiary/aromatic N) is 3. The van der Waals surface area contributed by atoms with Gasteiger partial charge in [-0.25, -0.2) is 4.79 Å². The minimum Gasteiger partial charge on any atom is -0.441 e. The Hall–Kier alpha value is -2.30. The Balaban J connectivity index is 1.98. The van der Waals surface area contributed by atoms with E-state index < -0.39 is 28.6 Å². The highest BCUT2D eigenvalue weighted by atomic mass is 16.6. The zero-order valence-corrected chi connectivity index (χ0v) is 16.0. The Labute approximate surface area is 157 Å². The number of pyridine rings is 1. The van der Waals surface area contributed by atoms with Crippen LogP contribution >= 0.6 is 0 Å². The van der Waals surface area contributed by atoms with Crippen molar-refractivity contribution in [3.05, 3.63) is 28.4 Å². The van der Waals surface area contributed by atoms with Crippen LogP contribution in [0.1, 0.15) is 40.5 Å². The molecule has 1 aromatic rings. The molecule has 27 heavy (non-hydrogen) atoms. The van der Waals surface area contributed by atoms with E-state index in [1.807, 2.05) is 27.7 Å². The first-order valence-electron chi connectivity index (χ1n) is 8.75. The number of nitrogens with one attached hydrogen (secondary N) is 1. The molecule has 0 aliphatic carbocycles. The third-order valence-corrected chi connectivity index (χ3v) is 4.21. The largest absolute Gasteiger partial charge is 0.441 e. The Morgan fingerprint density at radius 3 is 2.74 bits per heavy atom. The molecule has 2 unspecified atom stereocenters. The third kappa shape index (κ3) is 5.59. The summed E-state index contributed by atoms with van der Waals surface area (Å²) in [5.41, 5.74) is -0.785. The molecule has 0 spiro atoms. The fourth-order valence-corrected chi connectivity index (χ4v) is 2.76. The molecular formula is C17H26N4O6. The van der Waals surface area contributed by atoms with Crippen LogP contribution in [0.15, 0.2) is 18.3 Å². The van der Waals surface area contributed by atoms with Crippen LogP contribution in [-0.4, -0.2) is 51.8 Å². The molecular weight excluding hydrogens is 356 g/mol. The van der Waals surface area contributed by atoms with Gasteiger partial charge >= 0.3 is 11.9 Å². The summed E-state index contributed by atoms with van der Waals surface area (Å²) in [7, 11) is 0. The number of ether oxygens (including phenoxy) is 2. The van der Waals surface area contributed by atoms with Crippen molar-refractivity contribution >= 4 is 17.6 Å². The molecule has 1 fully saturated rings. The van der Waals surface area contributed by atoms with Crippen LogP contribution in [0.4, 0.5) is 16.3 Å². The van der Waals surface area contributed by atoms with Crippen molar-refractivity contribution < 1.29 is 24.3 Å². The average molecular weight is 382 g/mol. The van der Waals surface area contributed by atoms with Gasteiger partial charge in [0.1, 0.15) is 5.60 Å². The minimum absolute atomic E-state index is 0.287. The lowest BCUT2D eigenvalue weighted by molar-refractivity contribution is -0.389. The van der Waals surface area contributed by atoms with Crippen LogP contribution in [0.3, 0.4) is 0 Å². The highest BCUT2D eigenvalue weighted by Gasteiger charge is 2.44. The Morgan fingerprint density at radius 2 is 2.22 bits per heavy atom. The molecule has 0 aromatic carbocycles. The highest BCUT2D eigenvalue weighted by molar-refractivity contribution is 5.90. The van der Waals surface area contributed by atoms with E-state index in [4.69, 9.17) is 9.47 Å². The Bertz CT molecular complexity index is 675. The van der Waals surface area contributed by atoms with Crippen molar-refractivity contribution in [3.63, 3.8) is 0 Å². The summed E-state index contributed by atoms with van der Waals surface area (Å²) in [6, 6.07) is 2.72. The Morgan fingerprint density at radius 1 is 1.52 bits per heavy atom. The van der Waals surface area contributed by atoms with Crippen molar-refractivity contribution in [2.75, 3.05) is 18.0 Å². The van der Waals surface area contributed by atoms with E-state index in [2.05, 4.69) is 10.3 Å². The number of anilines is 1. The van der Waals surface area contributed by atoms with Crippen molar-refractivity contribution in [1.82, 2.24) is 10.3 Å². The molecule has 1 aliphatic heterocycles. The predicted octanol–water partition coefficient (Wildman–Crippen LogP) is 2.17. The number of carbonyl (C=O) groups excluding carboxylic acids is 1. The van der Waals surface area contributed by atoms with Gasteiger partial charge in [-0.2, -0.15) is 0 Å². The van der Waals surface area contributed by atoms with Crippen molar-refractivity contribution in [3.8, 4) is 0 Å². The first kappa shape index (κ1) is 21.0. The van der Waals surface area contributed by atoms with E-state index in [9.17, 15) is 20.0 Å². The maximum absolute atomic E-state index is 12.3. The summed E-state index contributed by atoms with van der Waals surface area (Å²) in [5, 5.41) is 23.4. The highest BCUT2D eigenvalue weighted by Crippen LogP contribution is 2.33. The first-order chi connectivity index (χ1) is 12.6. The van der Waals surface area contributed by atoms with Gasteiger partial charge in [-0.15, -0.1) is 0 Å². The lowest BCUT2D eigenvalue weighted by Crippen LogP contribution is -2.42. The van der Waals surface area contributed by atoms with Gasteiger partial charge in [0.25, 0.3) is 0 Å². The number of rotatable bonds is 8. The zero-order valence-electron chi connectivity index (χ0n) is 16.0. The number of amides is 1. The quantitative estimate of drug-likeness (QED) is 0.398. The second-order valence-corrected chi connectivity index (χ2v) is 7.41. The summed E-state index contributed by atoms with van der Waals surface area (Å²) in [6.45, 7) is 8.08. The standard InChI is InChI=1S/C17H26N4O6/c1-5-17(8-9-18-14(22)26-16(2,3)4)11-20(15(23)27-17)12-6-7-13(19-10-12)21(24)25/h6-7,10,14,18,22H,5,8-9,11H2,1-4H3. The van der Waals surface area contributed by atoms with E-state index in [0.717, 1.165) is 0 Å². The monoisotopic (exact) mass is 382 g/mol. The second kappa shape index (κ2) is 8.15. The van der Waals surface area contributed by atoms with E-state index in [0.29, 0.717) is 31.6 Å². The van der Waals surface area contributed by atoms with Gasteiger partial charge in [0, 0.05) is 19.0 Å². The number of aliphatic hydroxyl groups is 1. The second-order valence-electron chi connectivity index (χ2n) is 7.41. The van der Waals surface area contributed by atoms with E-state index in [1.54, 1.807) is 0 Å². The average Bonchev–Trinajstić information content (AvgIpc) is 2.90. The fraction of sp³-hybridized carbons (Fsp3) is 0.647. The molecule has 1 aromatic heterocycles. The van der Waals surface area contributed by atoms with Crippen molar-refractivity contribution in [2.45, 2.75) is 58.2 Å². The first-order valence-corrected chi connectivity index (χ1v) is 8.75. The number of aliphatic hydroxyl groups excluding tert-OH is 1. The van der Waals surface area contributed by atoms with Crippen LogP contribution in [0.5, 0.6) is 0 Å². The molecule has 10 nitrogen and oxygen atoms in total. The molecule has 1 aliphatic rings. The molecule has 0 bridgehead atoms. The lowest BCUT2D eigenvalue weighted by atomic mass is 9.96. The van der Waals surface area contributed by atoms with Crippen LogP contribution in [-0.2, 0) is 9.47 Å². The van der Waals surface area contributed by atoms with Gasteiger partial charge in [-0.3, -0.25) is 10.2 Å². The van der Waals surface area contributed by atoms with E-state index in [1.165, 1.54) is 23.2 Å². The minimum atomic E-state index is -1.12. The van der Waals surface area contributed by atoms with Gasteiger partial charge in [0.05, 0.1) is 17.8 Å². The van der Waals surface area contributed by atoms with Crippen molar-refractivity contribution in [1.29, 1.82) is 0 Å². The molecule has 2 atom stereocenters. The summed E-state index contributed by atoms with van der Waals surface area (Å²) in [6.07, 6.45) is 0.680. The number of nitro groups is 1. The van der Waals surface area contributed by atoms with Crippen LogP contribution in [0.2, 0.25) is 0 Å². The normalized spacial score (nSPS) is 21.2. The topological polar surface area (TPSA) is 127 Å². The number of carbonyl (C=O) groups is 1. The summed E-state index contributed by atoms with van der Waals surface area (Å²) in [4.78, 5) is 27.6. The summed E-state index contributed by atoms with van der Waals surface area (Å²) in [5.74, 6) is -0.287. The van der Waals surface area contributed by atoms with Crippen LogP contribution in [0.25, 0.3) is 0 Å². The predicted molar refractivity (Wildman–Crippen MR) is 97.2 cm³/mol. The Kier molecular flexibility index (Phi) is 6.34. The molecule has 1 saturated heterocycles. The smallest absolute Gasteiger partial charge is 0.415 e. The SMILES string of the molecule is CCC1(CCNC(O)OC(C)(C)C)CN(c2ccc([N+](=O)[O-])nc2)C(=O)O1. The fourth-order valence-electron chi connectivity index (χ4n) is 2.76. The molecule has 0 radical (unpaired) electrons. The maximum Gasteiger partial charge on any atom is 0.415 e. The number of cyclic esters (lactones) is 1. The molecule has 2 rings (SSSR count). The van der Waals surface area contributed by atoms with Gasteiger partial charge in [-0.1, -0.05) is 6.92 Å². The van der Waals surface area contributed by atoms with Gasteiger partial charge in [0.2, 0.25) is 6.41 Å². The molecule has 150 valence electrons. The lowest BCUT2D eigenvalue weighted by Gasteiger charge is -2.28. The van der Waals surface area contributed by atoms with Crippen LogP contribution in [0, 0.1) is 10.1 Å². The van der Waals surface area contributed by atoms with E-state index >= 15 is 0 Å². The van der Waals surface area contributed by atoms with Gasteiger partial charge in [0.15, 0.2) is 6.20 Å². The molecule has 2 N–H and O–H groups in total. The van der Waals surface area contributed by atoms with Gasteiger partial charge in [-0.05, 0) is 43.2 Å². The van der Waals surface area contributed by atoms with Crippen LogP contribution < -0.4 is 10.2 Å². The number of aromatic nitrogens is 1. The summed E-state index contributed by atoms with van der Waals surface area (Å²) < 4.78 is 11.0. The maximum atomic E-state index is 12.3. The number of hydrogen-bond donors (Lipinski definition) is 2. The third-order valence-electron chi connectivity index (χ3n) is 4.21. The molecule has 1 amide bonds. The summed E-state index contributed by atoms with van der Waals surface area (Å²) >= 11 is 0. The van der Waals surface area contributed by atoms with E-state index in [-0.39, 0.29) is 5.82 Å². The molecule has 0 saturated carbocycles. The molecule has 10 heteroatoms. The number of hydrogen-bond acceptors (Lipinski definition) is 8.